The molecule has 0 saturated carbocycles. The van der Waals surface area contributed by atoms with Crippen LogP contribution < -0.4 is 10.2 Å². The lowest BCUT2D eigenvalue weighted by Gasteiger charge is -2.13. The minimum absolute atomic E-state index is 0.0141. The Labute approximate surface area is 186 Å². The first-order valence-electron chi connectivity index (χ1n) is 9.57. The van der Waals surface area contributed by atoms with Crippen LogP contribution in [0, 0.1) is 10.1 Å². The second kappa shape index (κ2) is 8.35. The van der Waals surface area contributed by atoms with Crippen molar-refractivity contribution >= 4 is 40.8 Å². The molecule has 1 heterocycles. The van der Waals surface area contributed by atoms with Gasteiger partial charge in [-0.15, -0.1) is 0 Å². The summed E-state index contributed by atoms with van der Waals surface area (Å²) in [7, 11) is 1.26. The molecule has 0 spiro atoms. The van der Waals surface area contributed by atoms with Crippen LogP contribution in [0.4, 0.5) is 17.1 Å². The third-order valence-electron chi connectivity index (χ3n) is 5.01. The Morgan fingerprint density at radius 2 is 1.58 bits per heavy atom. The Morgan fingerprint density at radius 1 is 0.909 bits per heavy atom. The number of carbonyl (C=O) groups is 4. The summed E-state index contributed by atoms with van der Waals surface area (Å²) in [4.78, 5) is 61.1. The highest BCUT2D eigenvalue weighted by Gasteiger charge is 2.37. The molecular weight excluding hydrogens is 430 g/mol. The molecule has 1 aliphatic heterocycles. The van der Waals surface area contributed by atoms with Crippen molar-refractivity contribution in [2.75, 3.05) is 17.3 Å². The number of hydrogen-bond acceptors (Lipinski definition) is 7. The molecular formula is C23H15N3O7. The maximum atomic E-state index is 12.9. The number of benzene rings is 3. The van der Waals surface area contributed by atoms with E-state index in [1.54, 1.807) is 0 Å². The molecule has 0 atom stereocenters. The molecule has 164 valence electrons. The number of non-ortho nitro benzene ring substituents is 1. The van der Waals surface area contributed by atoms with E-state index in [9.17, 15) is 29.3 Å². The highest BCUT2D eigenvalue weighted by molar-refractivity contribution is 6.34. The van der Waals surface area contributed by atoms with E-state index in [4.69, 9.17) is 0 Å². The summed E-state index contributed by atoms with van der Waals surface area (Å²) in [5.74, 6) is -2.37. The van der Waals surface area contributed by atoms with Crippen LogP contribution in [0.15, 0.2) is 66.7 Å². The van der Waals surface area contributed by atoms with Crippen molar-refractivity contribution in [2.45, 2.75) is 0 Å². The highest BCUT2D eigenvalue weighted by Crippen LogP contribution is 2.31. The molecule has 1 N–H and O–H groups in total. The summed E-state index contributed by atoms with van der Waals surface area (Å²) >= 11 is 0. The Morgan fingerprint density at radius 3 is 2.24 bits per heavy atom. The average molecular weight is 445 g/mol. The smallest absolute Gasteiger partial charge is 0.337 e. The first-order valence-corrected chi connectivity index (χ1v) is 9.57. The second-order valence-electron chi connectivity index (χ2n) is 7.01. The number of nitro groups is 1. The van der Waals surface area contributed by atoms with Gasteiger partial charge in [-0.2, -0.15) is 0 Å². The maximum absolute atomic E-state index is 12.9. The number of hydrogen-bond donors (Lipinski definition) is 1. The van der Waals surface area contributed by atoms with Crippen LogP contribution in [-0.2, 0) is 4.74 Å². The Balaban J connectivity index is 1.57. The average Bonchev–Trinajstić information content (AvgIpc) is 3.08. The van der Waals surface area contributed by atoms with Crippen LogP contribution >= 0.6 is 0 Å². The lowest BCUT2D eigenvalue weighted by Crippen LogP contribution is -2.29. The Hall–Kier alpha value is -4.86. The number of esters is 1. The summed E-state index contributed by atoms with van der Waals surface area (Å²) in [6, 6.07) is 15.3. The maximum Gasteiger partial charge on any atom is 0.337 e. The number of nitro benzene ring substituents is 1. The van der Waals surface area contributed by atoms with Gasteiger partial charge in [0.15, 0.2) is 0 Å². The van der Waals surface area contributed by atoms with E-state index >= 15 is 0 Å². The summed E-state index contributed by atoms with van der Waals surface area (Å²) in [5.41, 5.74) is 0.764. The van der Waals surface area contributed by atoms with Crippen molar-refractivity contribution in [1.82, 2.24) is 0 Å². The number of rotatable bonds is 5. The number of imide groups is 1. The van der Waals surface area contributed by atoms with E-state index < -0.39 is 28.6 Å². The van der Waals surface area contributed by atoms with Gasteiger partial charge >= 0.3 is 5.97 Å². The van der Waals surface area contributed by atoms with Gasteiger partial charge in [-0.3, -0.25) is 24.5 Å². The number of methoxy groups -OCH3 is 1. The fourth-order valence-corrected chi connectivity index (χ4v) is 3.37. The summed E-state index contributed by atoms with van der Waals surface area (Å²) in [6.07, 6.45) is 0. The van der Waals surface area contributed by atoms with Crippen LogP contribution in [0.1, 0.15) is 41.4 Å². The summed E-state index contributed by atoms with van der Waals surface area (Å²) < 4.78 is 4.62. The standard InChI is InChI=1S/C23H15N3O7/c1-33-23(30)13-5-8-15(9-6-13)24-20(27)14-7-10-18-19(11-14)22(29)25(21(18)28)16-3-2-4-17(12-16)26(31)32/h2-12H,1H3,(H,24,27). The van der Waals surface area contributed by atoms with Crippen molar-refractivity contribution < 1.29 is 28.8 Å². The summed E-state index contributed by atoms with van der Waals surface area (Å²) in [5, 5.41) is 13.7. The van der Waals surface area contributed by atoms with Gasteiger partial charge in [0.1, 0.15) is 0 Å². The number of ether oxygens (including phenoxy) is 1. The monoisotopic (exact) mass is 445 g/mol. The van der Waals surface area contributed by atoms with Crippen molar-refractivity contribution in [3.63, 3.8) is 0 Å². The molecule has 10 heteroatoms. The van der Waals surface area contributed by atoms with Gasteiger partial charge in [0.2, 0.25) is 0 Å². The molecule has 4 rings (SSSR count). The van der Waals surface area contributed by atoms with E-state index in [2.05, 4.69) is 10.1 Å². The second-order valence-corrected chi connectivity index (χ2v) is 7.01. The number of fused-ring (bicyclic) bond motifs is 1. The van der Waals surface area contributed by atoms with Gasteiger partial charge in [0.05, 0.1) is 34.4 Å². The normalized spacial score (nSPS) is 12.3. The molecule has 0 saturated heterocycles. The Kier molecular flexibility index (Phi) is 5.41. The minimum atomic E-state index is -0.687. The molecule has 3 aromatic carbocycles. The lowest BCUT2D eigenvalue weighted by molar-refractivity contribution is -0.384. The van der Waals surface area contributed by atoms with E-state index in [0.717, 1.165) is 11.0 Å². The van der Waals surface area contributed by atoms with Crippen LogP contribution in [0.25, 0.3) is 0 Å². The minimum Gasteiger partial charge on any atom is -0.465 e. The van der Waals surface area contributed by atoms with Crippen molar-refractivity contribution in [1.29, 1.82) is 0 Å². The predicted octanol–water partition coefficient (Wildman–Crippen LogP) is 3.43. The largest absolute Gasteiger partial charge is 0.465 e. The van der Waals surface area contributed by atoms with Gasteiger partial charge in [-0.1, -0.05) is 6.07 Å². The van der Waals surface area contributed by atoms with Gasteiger partial charge in [0.25, 0.3) is 23.4 Å². The topological polar surface area (TPSA) is 136 Å². The first-order chi connectivity index (χ1) is 15.8. The van der Waals surface area contributed by atoms with E-state index in [-0.39, 0.29) is 28.1 Å². The van der Waals surface area contributed by atoms with Gasteiger partial charge in [-0.05, 0) is 48.5 Å². The lowest BCUT2D eigenvalue weighted by atomic mass is 10.1. The van der Waals surface area contributed by atoms with Gasteiger partial charge in [-0.25, -0.2) is 9.69 Å². The van der Waals surface area contributed by atoms with E-state index in [0.29, 0.717) is 11.3 Å². The molecule has 0 fully saturated rings. The predicted molar refractivity (Wildman–Crippen MR) is 116 cm³/mol. The molecule has 0 aromatic heterocycles. The quantitative estimate of drug-likeness (QED) is 0.275. The first kappa shape index (κ1) is 21.4. The van der Waals surface area contributed by atoms with Crippen molar-refractivity contribution in [3.8, 4) is 0 Å². The molecule has 0 radical (unpaired) electrons. The van der Waals surface area contributed by atoms with Gasteiger partial charge < -0.3 is 10.1 Å². The van der Waals surface area contributed by atoms with E-state index in [1.165, 1.54) is 67.8 Å². The number of nitrogens with zero attached hydrogens (tertiary/aromatic N) is 2. The number of carbonyl (C=O) groups excluding carboxylic acids is 4. The van der Waals surface area contributed by atoms with Gasteiger partial charge in [0, 0.05) is 23.4 Å². The van der Waals surface area contributed by atoms with E-state index in [1.807, 2.05) is 0 Å². The fraction of sp³-hybridized carbons (Fsp3) is 0.0435. The Bertz CT molecular complexity index is 1330. The molecule has 1 aliphatic rings. The SMILES string of the molecule is COC(=O)c1ccc(NC(=O)c2ccc3c(c2)C(=O)N(c2cccc([N+](=O)[O-])c2)C3=O)cc1. The fourth-order valence-electron chi connectivity index (χ4n) is 3.37. The number of nitrogens with one attached hydrogen (secondary N) is 1. The molecule has 0 unspecified atom stereocenters. The highest BCUT2D eigenvalue weighted by atomic mass is 16.6. The number of anilines is 2. The summed E-state index contributed by atoms with van der Waals surface area (Å²) in [6.45, 7) is 0. The van der Waals surface area contributed by atoms with Crippen LogP contribution in [0.5, 0.6) is 0 Å². The molecule has 33 heavy (non-hydrogen) atoms. The zero-order chi connectivity index (χ0) is 23.7. The number of amides is 3. The molecule has 10 nitrogen and oxygen atoms in total. The zero-order valence-corrected chi connectivity index (χ0v) is 17.1. The third-order valence-corrected chi connectivity index (χ3v) is 5.01. The van der Waals surface area contributed by atoms with Crippen molar-refractivity contribution in [2.24, 2.45) is 0 Å². The van der Waals surface area contributed by atoms with Crippen LogP contribution in [0.3, 0.4) is 0 Å². The molecule has 3 amide bonds. The molecule has 0 aliphatic carbocycles. The zero-order valence-electron chi connectivity index (χ0n) is 17.1. The molecule has 3 aromatic rings. The third kappa shape index (κ3) is 3.92. The molecule has 0 bridgehead atoms. The van der Waals surface area contributed by atoms with Crippen LogP contribution in [0.2, 0.25) is 0 Å². The van der Waals surface area contributed by atoms with Crippen molar-refractivity contribution in [3.05, 3.63) is 99.1 Å². The van der Waals surface area contributed by atoms with Crippen LogP contribution in [-0.4, -0.2) is 35.7 Å².